The van der Waals surface area contributed by atoms with Crippen LogP contribution in [0.15, 0.2) is 64.0 Å². The van der Waals surface area contributed by atoms with Gasteiger partial charge < -0.3 is 19.0 Å². The molecule has 192 valence electrons. The number of carbonyl (C=O) groups is 2. The van der Waals surface area contributed by atoms with Crippen LogP contribution in [0, 0.1) is 5.82 Å². The molecule has 0 fully saturated rings. The Labute approximate surface area is 210 Å². The van der Waals surface area contributed by atoms with Crippen LogP contribution in [0.1, 0.15) is 43.7 Å². The second kappa shape index (κ2) is 13.5. The standard InChI is InChI=1S/C28H33FN2O5/c1-3-4-5-10-26(32)30(15-16-35-2)19-27(33)31(17-21-11-13-23(29)14-12-21)18-22-20-36-25-9-7-6-8-24(25)28(22)34/h6-9,11-14,20H,3-5,10,15-19H2,1-2H3. The number of benzene rings is 2. The minimum absolute atomic E-state index is 0.00841. The molecule has 0 aliphatic rings. The third kappa shape index (κ3) is 7.49. The lowest BCUT2D eigenvalue weighted by atomic mass is 10.1. The Kier molecular flexibility index (Phi) is 10.2. The fourth-order valence-corrected chi connectivity index (χ4v) is 3.92. The predicted molar refractivity (Wildman–Crippen MR) is 136 cm³/mol. The van der Waals surface area contributed by atoms with Crippen molar-refractivity contribution in [3.8, 4) is 0 Å². The molecule has 0 N–H and O–H groups in total. The number of para-hydroxylation sites is 1. The van der Waals surface area contributed by atoms with E-state index < -0.39 is 0 Å². The van der Waals surface area contributed by atoms with E-state index in [1.807, 2.05) is 0 Å². The van der Waals surface area contributed by atoms with Crippen LogP contribution in [0.4, 0.5) is 4.39 Å². The SMILES string of the molecule is CCCCCC(=O)N(CCOC)CC(=O)N(Cc1ccc(F)cc1)Cc1coc2ccccc2c1=O. The molecule has 0 saturated heterocycles. The highest BCUT2D eigenvalue weighted by Crippen LogP contribution is 2.15. The number of amides is 2. The van der Waals surface area contributed by atoms with Crippen molar-refractivity contribution in [2.75, 3.05) is 26.8 Å². The summed E-state index contributed by atoms with van der Waals surface area (Å²) in [5, 5.41) is 0.428. The summed E-state index contributed by atoms with van der Waals surface area (Å²) in [6, 6.07) is 12.8. The number of unbranched alkanes of at least 4 members (excludes halogenated alkanes) is 2. The van der Waals surface area contributed by atoms with Crippen molar-refractivity contribution < 1.29 is 23.1 Å². The largest absolute Gasteiger partial charge is 0.464 e. The number of ether oxygens (including phenoxy) is 1. The van der Waals surface area contributed by atoms with E-state index in [0.717, 1.165) is 19.3 Å². The quantitative estimate of drug-likeness (QED) is 0.325. The van der Waals surface area contributed by atoms with Gasteiger partial charge in [-0.25, -0.2) is 4.39 Å². The Hall–Kier alpha value is -3.52. The number of methoxy groups -OCH3 is 1. The minimum Gasteiger partial charge on any atom is -0.464 e. The fourth-order valence-electron chi connectivity index (χ4n) is 3.92. The van der Waals surface area contributed by atoms with Crippen LogP contribution in [-0.2, 0) is 27.4 Å². The van der Waals surface area contributed by atoms with Crippen LogP contribution in [0.25, 0.3) is 11.0 Å². The molecule has 0 radical (unpaired) electrons. The van der Waals surface area contributed by atoms with Gasteiger partial charge in [0.1, 0.15) is 11.4 Å². The van der Waals surface area contributed by atoms with E-state index in [-0.39, 0.29) is 49.2 Å². The first-order valence-corrected chi connectivity index (χ1v) is 12.2. The van der Waals surface area contributed by atoms with Crippen molar-refractivity contribution in [1.29, 1.82) is 0 Å². The van der Waals surface area contributed by atoms with E-state index >= 15 is 0 Å². The van der Waals surface area contributed by atoms with Gasteiger partial charge in [0, 0.05) is 26.6 Å². The topological polar surface area (TPSA) is 80.1 Å². The molecule has 0 bridgehead atoms. The summed E-state index contributed by atoms with van der Waals surface area (Å²) in [6.07, 6.45) is 4.41. The van der Waals surface area contributed by atoms with Crippen LogP contribution in [-0.4, -0.2) is 48.4 Å². The van der Waals surface area contributed by atoms with Gasteiger partial charge in [-0.1, -0.05) is 44.0 Å². The predicted octanol–water partition coefficient (Wildman–Crippen LogP) is 4.52. The van der Waals surface area contributed by atoms with Crippen molar-refractivity contribution >= 4 is 22.8 Å². The molecule has 3 aromatic rings. The number of hydrogen-bond donors (Lipinski definition) is 0. The number of hydrogen-bond acceptors (Lipinski definition) is 5. The maximum absolute atomic E-state index is 13.5. The zero-order chi connectivity index (χ0) is 25.9. The van der Waals surface area contributed by atoms with Gasteiger partial charge in [0.25, 0.3) is 0 Å². The molecule has 0 atom stereocenters. The average molecular weight is 497 g/mol. The highest BCUT2D eigenvalue weighted by atomic mass is 19.1. The van der Waals surface area contributed by atoms with E-state index in [4.69, 9.17) is 9.15 Å². The van der Waals surface area contributed by atoms with E-state index in [0.29, 0.717) is 35.1 Å². The number of halogens is 1. The molecule has 36 heavy (non-hydrogen) atoms. The first kappa shape index (κ1) is 27.1. The molecule has 7 nitrogen and oxygen atoms in total. The van der Waals surface area contributed by atoms with Crippen molar-refractivity contribution in [3.05, 3.63) is 82.0 Å². The Bertz CT molecular complexity index is 1210. The van der Waals surface area contributed by atoms with Crippen molar-refractivity contribution in [1.82, 2.24) is 9.80 Å². The zero-order valence-electron chi connectivity index (χ0n) is 20.9. The summed E-state index contributed by atoms with van der Waals surface area (Å²) in [5.74, 6) is -0.817. The van der Waals surface area contributed by atoms with Gasteiger partial charge in [0.15, 0.2) is 5.43 Å². The highest BCUT2D eigenvalue weighted by Gasteiger charge is 2.23. The maximum Gasteiger partial charge on any atom is 0.242 e. The molecular formula is C28H33FN2O5. The molecule has 3 rings (SSSR count). The van der Waals surface area contributed by atoms with Crippen molar-refractivity contribution in [2.45, 2.75) is 45.7 Å². The number of rotatable bonds is 13. The minimum atomic E-state index is -0.379. The lowest BCUT2D eigenvalue weighted by Crippen LogP contribution is -2.44. The Morgan fingerprint density at radius 1 is 0.972 bits per heavy atom. The van der Waals surface area contributed by atoms with Gasteiger partial charge in [0.05, 0.1) is 36.9 Å². The molecule has 0 saturated carbocycles. The van der Waals surface area contributed by atoms with Crippen LogP contribution >= 0.6 is 0 Å². The number of fused-ring (bicyclic) bond motifs is 1. The molecule has 2 amide bonds. The molecule has 2 aromatic carbocycles. The van der Waals surface area contributed by atoms with E-state index in [1.165, 1.54) is 28.2 Å². The lowest BCUT2D eigenvalue weighted by molar-refractivity contribution is -0.141. The number of carbonyl (C=O) groups excluding carboxylic acids is 2. The lowest BCUT2D eigenvalue weighted by Gasteiger charge is -2.28. The van der Waals surface area contributed by atoms with Crippen LogP contribution in [0.5, 0.6) is 0 Å². The summed E-state index contributed by atoms with van der Waals surface area (Å²) in [6.45, 7) is 2.65. The first-order chi connectivity index (χ1) is 17.4. The fraction of sp³-hybridized carbons (Fsp3) is 0.393. The first-order valence-electron chi connectivity index (χ1n) is 12.2. The Morgan fingerprint density at radius 2 is 1.72 bits per heavy atom. The normalized spacial score (nSPS) is 11.0. The molecular weight excluding hydrogens is 463 g/mol. The highest BCUT2D eigenvalue weighted by molar-refractivity contribution is 5.85. The summed E-state index contributed by atoms with van der Waals surface area (Å²) < 4.78 is 24.2. The smallest absolute Gasteiger partial charge is 0.242 e. The second-order valence-electron chi connectivity index (χ2n) is 8.73. The third-order valence-corrected chi connectivity index (χ3v) is 5.99. The van der Waals surface area contributed by atoms with Gasteiger partial charge in [-0.2, -0.15) is 0 Å². The van der Waals surface area contributed by atoms with Crippen LogP contribution in [0.3, 0.4) is 0 Å². The molecule has 0 aliphatic carbocycles. The van der Waals surface area contributed by atoms with Gasteiger partial charge in [-0.3, -0.25) is 14.4 Å². The summed E-state index contributed by atoms with van der Waals surface area (Å²) in [7, 11) is 1.54. The third-order valence-electron chi connectivity index (χ3n) is 5.99. The van der Waals surface area contributed by atoms with E-state index in [1.54, 1.807) is 43.5 Å². The van der Waals surface area contributed by atoms with Gasteiger partial charge >= 0.3 is 0 Å². The number of nitrogens with zero attached hydrogens (tertiary/aromatic N) is 2. The summed E-state index contributed by atoms with van der Waals surface area (Å²) in [5.41, 5.74) is 1.27. The molecule has 0 spiro atoms. The van der Waals surface area contributed by atoms with E-state index in [2.05, 4.69) is 6.92 Å². The van der Waals surface area contributed by atoms with Crippen molar-refractivity contribution in [2.24, 2.45) is 0 Å². The van der Waals surface area contributed by atoms with Gasteiger partial charge in [0.2, 0.25) is 11.8 Å². The monoisotopic (exact) mass is 496 g/mol. The molecule has 1 heterocycles. The Balaban J connectivity index is 1.85. The van der Waals surface area contributed by atoms with Crippen molar-refractivity contribution in [3.63, 3.8) is 0 Å². The summed E-state index contributed by atoms with van der Waals surface area (Å²) >= 11 is 0. The summed E-state index contributed by atoms with van der Waals surface area (Å²) in [4.78, 5) is 42.4. The Morgan fingerprint density at radius 3 is 2.44 bits per heavy atom. The molecule has 1 aromatic heterocycles. The maximum atomic E-state index is 13.5. The molecule has 0 aliphatic heterocycles. The van der Waals surface area contributed by atoms with Crippen LogP contribution in [0.2, 0.25) is 0 Å². The second-order valence-corrected chi connectivity index (χ2v) is 8.73. The van der Waals surface area contributed by atoms with E-state index in [9.17, 15) is 18.8 Å². The zero-order valence-corrected chi connectivity index (χ0v) is 20.9. The average Bonchev–Trinajstić information content (AvgIpc) is 2.89. The molecule has 0 unspecified atom stereocenters. The van der Waals surface area contributed by atoms with Gasteiger partial charge in [-0.15, -0.1) is 0 Å². The molecule has 8 heteroatoms. The van der Waals surface area contributed by atoms with Crippen LogP contribution < -0.4 is 5.43 Å². The van der Waals surface area contributed by atoms with Gasteiger partial charge in [-0.05, 0) is 36.2 Å².